The van der Waals surface area contributed by atoms with Gasteiger partial charge in [0.2, 0.25) is 23.3 Å². The van der Waals surface area contributed by atoms with Crippen molar-refractivity contribution >= 4 is 52.2 Å². The topological polar surface area (TPSA) is 237 Å². The zero-order valence-corrected chi connectivity index (χ0v) is 47.7. The number of carbonyl (C=O) groups excluding carboxylic acids is 5. The van der Waals surface area contributed by atoms with Gasteiger partial charge < -0.3 is 55.4 Å². The zero-order valence-electron chi connectivity index (χ0n) is 46.9. The Morgan fingerprint density at radius 3 is 2.15 bits per heavy atom. The number of aliphatic hydroxyl groups excluding tert-OH is 1. The molecule has 4 heterocycles. The van der Waals surface area contributed by atoms with Crippen LogP contribution < -0.4 is 31.7 Å². The number of likely N-dealkylation sites (N-methyl/N-ethyl adjacent to an activating group) is 1. The van der Waals surface area contributed by atoms with Crippen molar-refractivity contribution in [2.45, 2.75) is 97.4 Å². The third kappa shape index (κ3) is 16.3. The molecule has 2 aliphatic rings. The number of hydrogen-bond donors (Lipinski definition) is 6. The molecule has 3 aromatic carbocycles. The normalized spacial score (nSPS) is 18.0. The van der Waals surface area contributed by atoms with Crippen molar-refractivity contribution in [3.8, 4) is 21.6 Å². The van der Waals surface area contributed by atoms with Crippen LogP contribution >= 0.6 is 11.3 Å². The molecule has 0 aliphatic carbocycles. The van der Waals surface area contributed by atoms with Gasteiger partial charge in [0.25, 0.3) is 11.8 Å². The van der Waals surface area contributed by atoms with Gasteiger partial charge in [-0.3, -0.25) is 33.7 Å². The molecule has 0 bridgehead atoms. The van der Waals surface area contributed by atoms with Gasteiger partial charge in [-0.15, -0.1) is 11.3 Å². The fraction of sp³-hybridized carbons (Fsp3) is 0.466. The first-order chi connectivity index (χ1) is 38.9. The summed E-state index contributed by atoms with van der Waals surface area (Å²) in [7, 11) is 1.98. The average molecular weight is 1160 g/mol. The quantitative estimate of drug-likeness (QED) is 0.0308. The second-order valence-corrected chi connectivity index (χ2v) is 22.4. The van der Waals surface area contributed by atoms with Crippen molar-refractivity contribution in [1.29, 1.82) is 0 Å². The van der Waals surface area contributed by atoms with Crippen LogP contribution in [-0.4, -0.2) is 158 Å². The van der Waals surface area contributed by atoms with E-state index in [0.29, 0.717) is 31.0 Å². The molecule has 0 saturated carbocycles. The van der Waals surface area contributed by atoms with Crippen molar-refractivity contribution in [3.05, 3.63) is 123 Å². The molecule has 5 aromatic rings. The summed E-state index contributed by atoms with van der Waals surface area (Å²) in [4.78, 5) is 92.2. The highest BCUT2D eigenvalue weighted by Gasteiger charge is 2.44. The number of aromatic nitrogens is 2. The molecule has 5 amide bonds. The second kappa shape index (κ2) is 27.8. The molecule has 5 atom stereocenters. The number of amides is 5. The van der Waals surface area contributed by atoms with Crippen LogP contribution in [0.15, 0.2) is 83.2 Å². The van der Waals surface area contributed by atoms with Gasteiger partial charge in [-0.2, -0.15) is 13.2 Å². The number of alkyl halides is 3. The van der Waals surface area contributed by atoms with Crippen molar-refractivity contribution in [3.63, 3.8) is 0 Å². The lowest BCUT2D eigenvalue weighted by Gasteiger charge is -2.44. The predicted molar refractivity (Wildman–Crippen MR) is 302 cm³/mol. The third-order valence-corrected chi connectivity index (χ3v) is 15.4. The number of rotatable bonds is 23. The van der Waals surface area contributed by atoms with Gasteiger partial charge in [0.05, 0.1) is 84.3 Å². The summed E-state index contributed by atoms with van der Waals surface area (Å²) in [6.07, 6.45) is -5.21. The number of aliphatic hydroxyl groups is 1. The molecule has 7 rings (SSSR count). The number of ether oxygens (including phenoxy) is 3. The number of nitrogens with zero attached hydrogens (tertiary/aromatic N) is 4. The van der Waals surface area contributed by atoms with Crippen molar-refractivity contribution < 1.29 is 60.9 Å². The Morgan fingerprint density at radius 2 is 1.50 bits per heavy atom. The van der Waals surface area contributed by atoms with E-state index in [2.05, 4.69) is 36.1 Å². The van der Waals surface area contributed by atoms with E-state index in [-0.39, 0.29) is 107 Å². The molecular weight excluding hydrogens is 1090 g/mol. The van der Waals surface area contributed by atoms with Crippen molar-refractivity contribution in [2.75, 3.05) is 83.1 Å². The van der Waals surface area contributed by atoms with Crippen LogP contribution in [0, 0.1) is 18.2 Å². The first kappa shape index (κ1) is 62.5. The fourth-order valence-corrected chi connectivity index (χ4v) is 10.5. The van der Waals surface area contributed by atoms with Crippen LogP contribution in [0.2, 0.25) is 0 Å². The summed E-state index contributed by atoms with van der Waals surface area (Å²) in [5.41, 5.74) is 1.52. The fourth-order valence-electron chi connectivity index (χ4n) is 9.71. The Kier molecular flexibility index (Phi) is 21.2. The maximum atomic E-state index is 15.6. The van der Waals surface area contributed by atoms with E-state index in [9.17, 15) is 47.0 Å². The number of nitrogens with one attached hydrogen (secondary N) is 5. The van der Waals surface area contributed by atoms with Crippen molar-refractivity contribution in [1.82, 2.24) is 35.7 Å². The molecule has 19 nitrogen and oxygen atoms in total. The van der Waals surface area contributed by atoms with E-state index in [4.69, 9.17) is 14.2 Å². The molecule has 0 radical (unpaired) electrons. The smallest absolute Gasteiger partial charge is 0.391 e. The lowest BCUT2D eigenvalue weighted by Crippen LogP contribution is -2.57. The van der Waals surface area contributed by atoms with E-state index in [1.165, 1.54) is 23.1 Å². The number of halogens is 4. The van der Waals surface area contributed by atoms with Crippen LogP contribution in [0.4, 0.5) is 28.9 Å². The number of piperazine rings is 1. The molecule has 2 aromatic heterocycles. The Balaban J connectivity index is 0.821. The number of anilines is 2. The number of pyridine rings is 1. The van der Waals surface area contributed by atoms with Gasteiger partial charge >= 0.3 is 6.18 Å². The number of thiazole rings is 1. The van der Waals surface area contributed by atoms with E-state index in [1.54, 1.807) is 49.8 Å². The van der Waals surface area contributed by atoms with Gasteiger partial charge in [0, 0.05) is 81.0 Å². The molecule has 0 spiro atoms. The minimum absolute atomic E-state index is 0.00818. The first-order valence-electron chi connectivity index (χ1n) is 27.0. The molecule has 82 heavy (non-hydrogen) atoms. The monoisotopic (exact) mass is 1160 g/mol. The minimum Gasteiger partial charge on any atom is -0.391 e. The van der Waals surface area contributed by atoms with Crippen LogP contribution in [0.3, 0.4) is 0 Å². The second-order valence-electron chi connectivity index (χ2n) is 21.6. The molecule has 2 fully saturated rings. The molecule has 0 unspecified atom stereocenters. The number of benzene rings is 3. The molecule has 6 N–H and O–H groups in total. The van der Waals surface area contributed by atoms with Crippen LogP contribution in [0.5, 0.6) is 0 Å². The van der Waals surface area contributed by atoms with Gasteiger partial charge in [-0.1, -0.05) is 51.1 Å². The maximum Gasteiger partial charge on any atom is 0.417 e. The van der Waals surface area contributed by atoms with Crippen LogP contribution in [0.25, 0.3) is 21.6 Å². The van der Waals surface area contributed by atoms with Gasteiger partial charge in [0.1, 0.15) is 17.9 Å². The van der Waals surface area contributed by atoms with Crippen molar-refractivity contribution in [2.24, 2.45) is 5.41 Å². The van der Waals surface area contributed by atoms with E-state index >= 15 is 4.39 Å². The number of likely N-dealkylation sites (tertiary alicyclic amines) is 1. The summed E-state index contributed by atoms with van der Waals surface area (Å²) in [6, 6.07) is 14.7. The Morgan fingerprint density at radius 1 is 0.841 bits per heavy atom. The molecule has 442 valence electrons. The number of aromatic amines is 1. The Bertz CT molecular complexity index is 3100. The number of carbonyl (C=O) groups is 5. The van der Waals surface area contributed by atoms with Gasteiger partial charge in [0.15, 0.2) is 0 Å². The van der Waals surface area contributed by atoms with E-state index < -0.39 is 81.8 Å². The zero-order chi connectivity index (χ0) is 59.5. The molecule has 24 heteroatoms. The molecular formula is C58H71F4N9O10S. The Labute approximate surface area is 477 Å². The lowest BCUT2D eigenvalue weighted by atomic mass is 9.85. The average Bonchev–Trinajstić information content (AvgIpc) is 3.82. The maximum absolute atomic E-state index is 15.6. The van der Waals surface area contributed by atoms with E-state index in [1.807, 2.05) is 57.0 Å². The van der Waals surface area contributed by atoms with Crippen LogP contribution in [0.1, 0.15) is 85.0 Å². The SMILES string of the molecule is Cc1ncsc1-c1ccc(CNC(=O)[C@@H]2C[C@@H](O)CN2C(=O)[C@@H](NC(=O)CCOCCOCCOCCNC(=O)c2ccc(F)c(-c3ccc(N4C[C@@H](C)N(C)[C@@H](C)C4)c(NC(=O)c4c[nH]c(=O)cc4C(F)(F)F)c3)c2)C(C)(C)C)cc1. The summed E-state index contributed by atoms with van der Waals surface area (Å²) >= 11 is 1.55. The number of β-amino-alcohol motifs (C(OH)–C–C–N with tert-alkyl or cyclic N) is 1. The minimum atomic E-state index is -5.01. The van der Waals surface area contributed by atoms with E-state index in [0.717, 1.165) is 27.8 Å². The largest absolute Gasteiger partial charge is 0.417 e. The predicted octanol–water partition coefficient (Wildman–Crippen LogP) is 6.39. The first-order valence-corrected chi connectivity index (χ1v) is 27.9. The van der Waals surface area contributed by atoms with Gasteiger partial charge in [-0.05, 0) is 80.3 Å². The summed E-state index contributed by atoms with van der Waals surface area (Å²) < 4.78 is 74.3. The highest BCUT2D eigenvalue weighted by molar-refractivity contribution is 7.13. The number of H-pyrrole nitrogens is 1. The summed E-state index contributed by atoms with van der Waals surface area (Å²) in [5, 5.41) is 21.6. The molecule has 2 aliphatic heterocycles. The number of aryl methyl sites for hydroxylation is 1. The number of hydrogen-bond acceptors (Lipinski definition) is 14. The highest BCUT2D eigenvalue weighted by atomic mass is 32.1. The Hall–Kier alpha value is -7.09. The standard InChI is InChI=1S/C58H71F4N9O10S/c1-34-30-70(31-35(2)69(34)7)47-15-13-39(25-46(47)67-54(76)43-29-64-50(74)27-44(43)58(60,61)62)42-24-40(12-14-45(42)59)53(75)63-17-19-80-21-23-81-22-20-79-18-16-49(73)68-52(57(4,5)6)56(78)71-32-41(72)26-48(71)55(77)65-28-37-8-10-38(11-9-37)51-36(3)66-33-82-51/h8-15,24-25,27,29,33-35,41,48,52,72H,16-23,26,28,30-32H2,1-7H3,(H,63,75)(H,64,74)(H,65,77)(H,67,76)(H,68,73)/t34-,35+,41-,48+,52-/m1/s1. The molecule has 2 saturated heterocycles. The van der Waals surface area contributed by atoms with Crippen LogP contribution in [-0.2, 0) is 41.3 Å². The summed E-state index contributed by atoms with van der Waals surface area (Å²) in [5.74, 6) is -3.69. The third-order valence-electron chi connectivity index (χ3n) is 14.4. The summed E-state index contributed by atoms with van der Waals surface area (Å²) in [6.45, 7) is 13.6. The highest BCUT2D eigenvalue weighted by Crippen LogP contribution is 2.37. The lowest BCUT2D eigenvalue weighted by molar-refractivity contribution is -0.144. The van der Waals surface area contributed by atoms with Gasteiger partial charge in [-0.25, -0.2) is 9.37 Å².